The molecule has 0 radical (unpaired) electrons. The molecule has 0 bridgehead atoms. The van der Waals surface area contributed by atoms with Crippen molar-refractivity contribution in [1.82, 2.24) is 4.57 Å². The average Bonchev–Trinajstić information content (AvgIpc) is 2.92. The number of hydrogen-bond acceptors (Lipinski definition) is 3. The maximum absolute atomic E-state index is 12.6. The molecule has 0 unspecified atom stereocenters. The van der Waals surface area contributed by atoms with Crippen molar-refractivity contribution >= 4 is 31.6 Å². The van der Waals surface area contributed by atoms with Gasteiger partial charge in [-0.3, -0.25) is 0 Å². The predicted molar refractivity (Wildman–Crippen MR) is 102 cm³/mol. The molecule has 6 heteroatoms. The van der Waals surface area contributed by atoms with Crippen LogP contribution in [0.15, 0.2) is 57.8 Å². The zero-order valence-corrected chi connectivity index (χ0v) is 15.6. The quantitative estimate of drug-likeness (QED) is 0.657. The number of sulfonamides is 1. The van der Waals surface area contributed by atoms with Crippen LogP contribution < -0.4 is 4.80 Å². The van der Waals surface area contributed by atoms with Crippen LogP contribution in [0.5, 0.6) is 0 Å². The highest BCUT2D eigenvalue weighted by atomic mass is 32.2. The number of aromatic nitrogens is 1. The second-order valence-electron chi connectivity index (χ2n) is 5.94. The van der Waals surface area contributed by atoms with Gasteiger partial charge in [-0.05, 0) is 35.7 Å². The Balaban J connectivity index is 2.25. The number of hydrogen-bond donors (Lipinski definition) is 0. The summed E-state index contributed by atoms with van der Waals surface area (Å²) in [4.78, 5) is 0.556. The molecule has 1 aromatic heterocycles. The zero-order valence-electron chi connectivity index (χ0n) is 14.0. The lowest BCUT2D eigenvalue weighted by Crippen LogP contribution is -2.16. The Morgan fingerprint density at radius 2 is 1.92 bits per heavy atom. The molecule has 2 aromatic carbocycles. The van der Waals surface area contributed by atoms with E-state index in [1.807, 2.05) is 12.1 Å². The van der Waals surface area contributed by atoms with Crippen molar-refractivity contribution in [1.29, 1.82) is 0 Å². The van der Waals surface area contributed by atoms with E-state index in [1.54, 1.807) is 22.8 Å². The highest BCUT2D eigenvalue weighted by Gasteiger charge is 2.14. The van der Waals surface area contributed by atoms with Crippen molar-refractivity contribution in [2.45, 2.75) is 31.2 Å². The lowest BCUT2D eigenvalue weighted by molar-refractivity contribution is 0.596. The number of rotatable bonds is 4. The van der Waals surface area contributed by atoms with Gasteiger partial charge in [-0.25, -0.2) is 0 Å². The zero-order chi connectivity index (χ0) is 18.0. The molecule has 0 aliphatic rings. The molecule has 0 fully saturated rings. The number of terminal acetylenes is 1. The molecular formula is C19H18N2O2S2. The third kappa shape index (κ3) is 3.53. The summed E-state index contributed by atoms with van der Waals surface area (Å²) in [5.41, 5.74) is 2.09. The van der Waals surface area contributed by atoms with Gasteiger partial charge in [0.2, 0.25) is 4.80 Å². The van der Waals surface area contributed by atoms with Gasteiger partial charge in [0.15, 0.2) is 0 Å². The van der Waals surface area contributed by atoms with E-state index in [0.717, 1.165) is 10.2 Å². The molecule has 0 saturated carbocycles. The first-order valence-electron chi connectivity index (χ1n) is 7.85. The highest BCUT2D eigenvalue weighted by molar-refractivity contribution is 7.90. The van der Waals surface area contributed by atoms with Crippen molar-refractivity contribution in [2.75, 3.05) is 0 Å². The topological polar surface area (TPSA) is 51.4 Å². The molecule has 0 atom stereocenters. The first kappa shape index (κ1) is 17.5. The molecule has 1 heterocycles. The van der Waals surface area contributed by atoms with E-state index in [-0.39, 0.29) is 11.4 Å². The second kappa shape index (κ2) is 6.87. The molecule has 3 aromatic rings. The van der Waals surface area contributed by atoms with Crippen molar-refractivity contribution in [3.8, 4) is 12.3 Å². The van der Waals surface area contributed by atoms with E-state index >= 15 is 0 Å². The van der Waals surface area contributed by atoms with E-state index < -0.39 is 10.0 Å². The van der Waals surface area contributed by atoms with Crippen LogP contribution in [0.3, 0.4) is 0 Å². The van der Waals surface area contributed by atoms with Gasteiger partial charge in [0, 0.05) is 0 Å². The summed E-state index contributed by atoms with van der Waals surface area (Å²) in [6.45, 7) is 4.51. The first-order valence-corrected chi connectivity index (χ1v) is 10.1. The Morgan fingerprint density at radius 3 is 2.56 bits per heavy atom. The van der Waals surface area contributed by atoms with Gasteiger partial charge in [0.05, 0.1) is 21.7 Å². The number of fused-ring (bicyclic) bond motifs is 1. The monoisotopic (exact) mass is 370 g/mol. The third-order valence-corrected chi connectivity index (χ3v) is 6.30. The minimum atomic E-state index is -3.78. The van der Waals surface area contributed by atoms with Gasteiger partial charge < -0.3 is 4.57 Å². The van der Waals surface area contributed by atoms with Gasteiger partial charge in [0.1, 0.15) is 0 Å². The fourth-order valence-corrected chi connectivity index (χ4v) is 4.81. The van der Waals surface area contributed by atoms with Crippen LogP contribution in [0, 0.1) is 12.3 Å². The van der Waals surface area contributed by atoms with E-state index in [4.69, 9.17) is 6.42 Å². The Labute approximate surface area is 151 Å². The van der Waals surface area contributed by atoms with Crippen LogP contribution in [0.4, 0.5) is 0 Å². The Bertz CT molecular complexity index is 1120. The summed E-state index contributed by atoms with van der Waals surface area (Å²) in [6.07, 6.45) is 5.48. The smallest absolute Gasteiger partial charge is 0.285 e. The lowest BCUT2D eigenvalue weighted by Gasteiger charge is -2.05. The molecule has 0 aliphatic carbocycles. The molecule has 3 rings (SSSR count). The van der Waals surface area contributed by atoms with Crippen molar-refractivity contribution < 1.29 is 8.42 Å². The van der Waals surface area contributed by atoms with Crippen molar-refractivity contribution in [3.63, 3.8) is 0 Å². The number of benzene rings is 2. The van der Waals surface area contributed by atoms with Crippen LogP contribution in [0.2, 0.25) is 0 Å². The maximum Gasteiger partial charge on any atom is 0.285 e. The molecular weight excluding hydrogens is 352 g/mol. The summed E-state index contributed by atoms with van der Waals surface area (Å²) < 4.78 is 32.0. The Kier molecular flexibility index (Phi) is 4.80. The van der Waals surface area contributed by atoms with Crippen LogP contribution in [-0.2, 0) is 16.6 Å². The molecule has 0 saturated heterocycles. The summed E-state index contributed by atoms with van der Waals surface area (Å²) in [5, 5.41) is 0. The Hall–Kier alpha value is -2.36. The van der Waals surface area contributed by atoms with Crippen LogP contribution >= 0.6 is 11.3 Å². The van der Waals surface area contributed by atoms with Gasteiger partial charge >= 0.3 is 0 Å². The van der Waals surface area contributed by atoms with Crippen LogP contribution in [0.25, 0.3) is 10.2 Å². The standard InChI is InChI=1S/C19H18N2O2S2/c1-4-12-21-17-11-10-15(14(2)3)13-18(17)24-19(21)20-25(22,23)16-8-6-5-7-9-16/h1,5-11,13-14H,12H2,2-3H3/b20-19-. The van der Waals surface area contributed by atoms with E-state index in [0.29, 0.717) is 10.7 Å². The highest BCUT2D eigenvalue weighted by Crippen LogP contribution is 2.24. The lowest BCUT2D eigenvalue weighted by atomic mass is 10.0. The van der Waals surface area contributed by atoms with Gasteiger partial charge in [0.25, 0.3) is 10.0 Å². The fourth-order valence-electron chi connectivity index (χ4n) is 2.51. The van der Waals surface area contributed by atoms with Gasteiger partial charge in [-0.1, -0.05) is 55.4 Å². The van der Waals surface area contributed by atoms with Crippen LogP contribution in [0.1, 0.15) is 25.3 Å². The number of nitrogens with zero attached hydrogens (tertiary/aromatic N) is 2. The molecule has 4 nitrogen and oxygen atoms in total. The molecule has 128 valence electrons. The van der Waals surface area contributed by atoms with E-state index in [9.17, 15) is 8.42 Å². The van der Waals surface area contributed by atoms with Crippen LogP contribution in [-0.4, -0.2) is 13.0 Å². The minimum absolute atomic E-state index is 0.169. The largest absolute Gasteiger partial charge is 0.304 e. The maximum atomic E-state index is 12.6. The summed E-state index contributed by atoms with van der Waals surface area (Å²) in [7, 11) is -3.78. The molecule has 0 spiro atoms. The van der Waals surface area contributed by atoms with Gasteiger partial charge in [-0.2, -0.15) is 8.42 Å². The predicted octanol–water partition coefficient (Wildman–Crippen LogP) is 3.75. The summed E-state index contributed by atoms with van der Waals surface area (Å²) >= 11 is 1.34. The first-order chi connectivity index (χ1) is 11.9. The fraction of sp³-hybridized carbons (Fsp3) is 0.211. The van der Waals surface area contributed by atoms with E-state index in [1.165, 1.54) is 29.0 Å². The average molecular weight is 370 g/mol. The Morgan fingerprint density at radius 1 is 1.20 bits per heavy atom. The third-order valence-electron chi connectivity index (χ3n) is 3.86. The van der Waals surface area contributed by atoms with Crippen molar-refractivity contribution in [2.24, 2.45) is 4.40 Å². The summed E-state index contributed by atoms with van der Waals surface area (Å²) in [6, 6.07) is 14.3. The minimum Gasteiger partial charge on any atom is -0.304 e. The second-order valence-corrected chi connectivity index (χ2v) is 8.55. The van der Waals surface area contributed by atoms with Crippen molar-refractivity contribution in [3.05, 3.63) is 58.9 Å². The van der Waals surface area contributed by atoms with Gasteiger partial charge in [-0.15, -0.1) is 10.8 Å². The number of thiazole rings is 1. The van der Waals surface area contributed by atoms with E-state index in [2.05, 4.69) is 30.2 Å². The molecule has 0 N–H and O–H groups in total. The normalized spacial score (nSPS) is 12.6. The molecule has 25 heavy (non-hydrogen) atoms. The SMILES string of the molecule is C#CCn1/c(=N/S(=O)(=O)c2ccccc2)sc2cc(C(C)C)ccc21. The summed E-state index contributed by atoms with van der Waals surface area (Å²) in [5.74, 6) is 2.97. The molecule has 0 amide bonds. The molecule has 0 aliphatic heterocycles.